The van der Waals surface area contributed by atoms with Crippen LogP contribution in [0.2, 0.25) is 0 Å². The summed E-state index contributed by atoms with van der Waals surface area (Å²) in [7, 11) is 0. The highest BCUT2D eigenvalue weighted by atomic mass is 32.2. The van der Waals surface area contributed by atoms with Crippen LogP contribution in [0.3, 0.4) is 0 Å². The molecule has 200 valence electrons. The molecule has 3 heterocycles. The molecule has 2 amide bonds. The zero-order valence-electron chi connectivity index (χ0n) is 22.7. The maximum Gasteiger partial charge on any atom is 0.240 e. The van der Waals surface area contributed by atoms with E-state index in [0.29, 0.717) is 17.3 Å². The van der Waals surface area contributed by atoms with Gasteiger partial charge >= 0.3 is 0 Å². The van der Waals surface area contributed by atoms with Crippen molar-refractivity contribution in [3.63, 3.8) is 0 Å². The smallest absolute Gasteiger partial charge is 0.240 e. The number of rotatable bonds is 5. The minimum atomic E-state index is -0.327. The molecule has 0 aliphatic carbocycles. The Kier molecular flexibility index (Phi) is 6.90. The lowest BCUT2D eigenvalue weighted by Crippen LogP contribution is -2.44. The van der Waals surface area contributed by atoms with Crippen LogP contribution in [0.25, 0.3) is 5.69 Å². The number of amides is 2. The van der Waals surface area contributed by atoms with E-state index in [0.717, 1.165) is 28.1 Å². The summed E-state index contributed by atoms with van der Waals surface area (Å²) in [6.07, 6.45) is 0. The zero-order valence-corrected chi connectivity index (χ0v) is 23.5. The number of nitrogens with zero attached hydrogens (tertiary/aromatic N) is 3. The number of aromatic nitrogens is 2. The Morgan fingerprint density at radius 2 is 1.89 bits per heavy atom. The molecule has 1 aromatic heterocycles. The second-order valence-electron chi connectivity index (χ2n) is 11.0. The first-order valence-electron chi connectivity index (χ1n) is 12.8. The molecule has 8 nitrogen and oxygen atoms in total. The van der Waals surface area contributed by atoms with Crippen LogP contribution in [0, 0.1) is 6.92 Å². The summed E-state index contributed by atoms with van der Waals surface area (Å²) in [5.74, 6) is 1.93. The van der Waals surface area contributed by atoms with Crippen molar-refractivity contribution in [3.05, 3.63) is 64.8 Å². The van der Waals surface area contributed by atoms with E-state index in [1.165, 1.54) is 0 Å². The highest BCUT2D eigenvalue weighted by Gasteiger charge is 2.40. The molecular weight excluding hydrogens is 500 g/mol. The molecular formula is C29H34N4O4S. The van der Waals surface area contributed by atoms with E-state index < -0.39 is 0 Å². The van der Waals surface area contributed by atoms with E-state index in [1.54, 1.807) is 16.7 Å². The predicted octanol–water partition coefficient (Wildman–Crippen LogP) is 4.90. The van der Waals surface area contributed by atoms with Crippen LogP contribution in [0.15, 0.2) is 42.5 Å². The van der Waals surface area contributed by atoms with E-state index in [4.69, 9.17) is 14.6 Å². The fraction of sp³-hybridized carbons (Fsp3) is 0.414. The Morgan fingerprint density at radius 3 is 2.61 bits per heavy atom. The molecule has 3 aromatic rings. The molecule has 0 fully saturated rings. The largest absolute Gasteiger partial charge is 0.454 e. The van der Waals surface area contributed by atoms with Gasteiger partial charge in [0.25, 0.3) is 0 Å². The van der Waals surface area contributed by atoms with E-state index in [9.17, 15) is 9.59 Å². The lowest BCUT2D eigenvalue weighted by atomic mass is 9.87. The Hall–Kier alpha value is -3.46. The van der Waals surface area contributed by atoms with Gasteiger partial charge in [-0.3, -0.25) is 14.5 Å². The van der Waals surface area contributed by atoms with Crippen LogP contribution < -0.4 is 19.7 Å². The van der Waals surface area contributed by atoms with Gasteiger partial charge in [-0.15, -0.1) is 11.8 Å². The van der Waals surface area contributed by atoms with Gasteiger partial charge in [0, 0.05) is 17.0 Å². The molecule has 38 heavy (non-hydrogen) atoms. The molecule has 5 rings (SSSR count). The number of hydrogen-bond donors (Lipinski definition) is 1. The summed E-state index contributed by atoms with van der Waals surface area (Å²) in [5.41, 5.74) is 4.39. The quantitative estimate of drug-likeness (QED) is 0.501. The number of carbonyl (C=O) groups is 2. The van der Waals surface area contributed by atoms with Gasteiger partial charge in [0.2, 0.25) is 18.6 Å². The van der Waals surface area contributed by atoms with Gasteiger partial charge in [-0.1, -0.05) is 45.0 Å². The zero-order chi connectivity index (χ0) is 27.2. The van der Waals surface area contributed by atoms with Gasteiger partial charge in [-0.05, 0) is 50.1 Å². The Balaban J connectivity index is 1.77. The minimum absolute atomic E-state index is 0.0359. The van der Waals surface area contributed by atoms with Gasteiger partial charge in [0.05, 0.1) is 22.4 Å². The third kappa shape index (κ3) is 4.87. The van der Waals surface area contributed by atoms with Gasteiger partial charge in [-0.2, -0.15) is 5.10 Å². The Bertz CT molecular complexity index is 1390. The number of para-hydroxylation sites is 1. The highest BCUT2D eigenvalue weighted by molar-refractivity contribution is 8.00. The maximum atomic E-state index is 13.7. The average Bonchev–Trinajstić information content (AvgIpc) is 3.44. The van der Waals surface area contributed by atoms with Crippen LogP contribution in [-0.4, -0.2) is 46.7 Å². The molecule has 2 aliphatic heterocycles. The molecule has 0 spiro atoms. The lowest BCUT2D eigenvalue weighted by molar-refractivity contribution is -0.123. The number of thioether (sulfide) groups is 1. The minimum Gasteiger partial charge on any atom is -0.454 e. The number of benzene rings is 2. The molecule has 0 saturated carbocycles. The summed E-state index contributed by atoms with van der Waals surface area (Å²) in [4.78, 5) is 28.4. The molecule has 0 saturated heterocycles. The number of nitrogens with one attached hydrogen (secondary N) is 1. The second kappa shape index (κ2) is 10.0. The molecule has 0 unspecified atom stereocenters. The molecule has 9 heteroatoms. The van der Waals surface area contributed by atoms with Crippen LogP contribution >= 0.6 is 11.8 Å². The van der Waals surface area contributed by atoms with Crippen molar-refractivity contribution in [1.82, 2.24) is 15.1 Å². The molecule has 0 radical (unpaired) electrons. The SMILES string of the molecule is Cc1ccccc1-n1nc(C(C)(C)C)c2c1N(CC(=O)NC(C)C)C(=O)CS[C@H]2c1ccc2c(c1)OCO2. The second-order valence-corrected chi connectivity index (χ2v) is 12.1. The van der Waals surface area contributed by atoms with Crippen LogP contribution in [-0.2, 0) is 15.0 Å². The van der Waals surface area contributed by atoms with Crippen molar-refractivity contribution in [2.75, 3.05) is 24.0 Å². The number of aryl methyl sites for hydroxylation is 1. The Morgan fingerprint density at radius 1 is 1.16 bits per heavy atom. The van der Waals surface area contributed by atoms with Crippen LogP contribution in [0.4, 0.5) is 5.82 Å². The van der Waals surface area contributed by atoms with Crippen molar-refractivity contribution in [2.45, 2.75) is 58.2 Å². The predicted molar refractivity (Wildman–Crippen MR) is 149 cm³/mol. The maximum absolute atomic E-state index is 13.7. The number of carbonyl (C=O) groups excluding carboxylic acids is 2. The summed E-state index contributed by atoms with van der Waals surface area (Å²) in [6.45, 7) is 12.3. The van der Waals surface area contributed by atoms with Crippen molar-refractivity contribution in [2.24, 2.45) is 0 Å². The topological polar surface area (TPSA) is 85.7 Å². The standard InChI is InChI=1S/C29H34N4O4S/c1-17(2)30-23(34)14-32-24(35)15-38-26(19-11-12-21-22(13-19)37-16-36-21)25-27(29(4,5)6)31-33(28(25)32)20-10-8-7-9-18(20)3/h7-13,17,26H,14-16H2,1-6H3,(H,30,34)/t26-/m0/s1. The van der Waals surface area contributed by atoms with E-state index in [2.05, 4.69) is 26.1 Å². The number of fused-ring (bicyclic) bond motifs is 2. The first kappa shape index (κ1) is 26.2. The van der Waals surface area contributed by atoms with Gasteiger partial charge in [-0.25, -0.2) is 4.68 Å². The van der Waals surface area contributed by atoms with Crippen LogP contribution in [0.1, 0.15) is 62.3 Å². The van der Waals surface area contributed by atoms with Gasteiger partial charge < -0.3 is 14.8 Å². The Labute approximate surface area is 227 Å². The summed E-state index contributed by atoms with van der Waals surface area (Å²) in [5, 5.41) is 7.90. The lowest BCUT2D eigenvalue weighted by Gasteiger charge is -2.25. The summed E-state index contributed by atoms with van der Waals surface area (Å²) in [6, 6.07) is 13.9. The monoisotopic (exact) mass is 534 g/mol. The third-order valence-electron chi connectivity index (χ3n) is 6.59. The highest BCUT2D eigenvalue weighted by Crippen LogP contribution is 2.50. The normalized spacial score (nSPS) is 17.0. The van der Waals surface area contributed by atoms with Crippen molar-refractivity contribution in [3.8, 4) is 17.2 Å². The average molecular weight is 535 g/mol. The number of ether oxygens (including phenoxy) is 2. The van der Waals surface area contributed by atoms with E-state index >= 15 is 0 Å². The van der Waals surface area contributed by atoms with Gasteiger partial charge in [0.15, 0.2) is 11.5 Å². The molecule has 1 atom stereocenters. The third-order valence-corrected chi connectivity index (χ3v) is 7.85. The van der Waals surface area contributed by atoms with E-state index in [1.807, 2.05) is 67.9 Å². The molecule has 2 aliphatic rings. The van der Waals surface area contributed by atoms with Crippen molar-refractivity contribution < 1.29 is 19.1 Å². The summed E-state index contributed by atoms with van der Waals surface area (Å²) < 4.78 is 13.1. The summed E-state index contributed by atoms with van der Waals surface area (Å²) >= 11 is 1.55. The number of anilines is 1. The van der Waals surface area contributed by atoms with Gasteiger partial charge in [0.1, 0.15) is 12.4 Å². The fourth-order valence-corrected chi connectivity index (χ4v) is 6.08. The van der Waals surface area contributed by atoms with Crippen LogP contribution in [0.5, 0.6) is 11.5 Å². The first-order valence-corrected chi connectivity index (χ1v) is 13.9. The van der Waals surface area contributed by atoms with Crippen molar-refractivity contribution >= 4 is 29.4 Å². The molecule has 1 N–H and O–H groups in total. The van der Waals surface area contributed by atoms with E-state index in [-0.39, 0.29) is 47.6 Å². The fourth-order valence-electron chi connectivity index (χ4n) is 4.89. The molecule has 2 aromatic carbocycles. The first-order chi connectivity index (χ1) is 18.0. The van der Waals surface area contributed by atoms with Crippen molar-refractivity contribution in [1.29, 1.82) is 0 Å². The molecule has 0 bridgehead atoms. The number of hydrogen-bond acceptors (Lipinski definition) is 6.